The molecule has 0 fully saturated rings. The number of carbonyl (C=O) groups is 1. The van der Waals surface area contributed by atoms with Crippen LogP contribution in [0.5, 0.6) is 0 Å². The Bertz CT molecular complexity index is 462. The molecular weight excluding hydrogens is 328 g/mol. The minimum Gasteiger partial charge on any atom is -0.324 e. The quantitative estimate of drug-likeness (QED) is 0.791. The number of aryl methyl sites for hydroxylation is 1. The second kappa shape index (κ2) is 8.54. The molecule has 0 radical (unpaired) electrons. The van der Waals surface area contributed by atoms with Gasteiger partial charge in [-0.3, -0.25) is 9.69 Å². The number of nitrogens with one attached hydrogen (secondary N) is 1. The van der Waals surface area contributed by atoms with Crippen LogP contribution in [0.1, 0.15) is 33.3 Å². The molecule has 0 unspecified atom stereocenters. The second-order valence-corrected chi connectivity index (χ2v) is 7.37. The van der Waals surface area contributed by atoms with Crippen LogP contribution in [0.25, 0.3) is 0 Å². The van der Waals surface area contributed by atoms with E-state index in [-0.39, 0.29) is 5.91 Å². The Labute approximate surface area is 137 Å². The highest BCUT2D eigenvalue weighted by atomic mass is 79.9. The number of hydrogen-bond donors (Lipinski definition) is 1. The Balaban J connectivity index is 2.64. The molecule has 0 saturated carbocycles. The number of benzene rings is 1. The van der Waals surface area contributed by atoms with E-state index in [9.17, 15) is 4.79 Å². The Morgan fingerprint density at radius 2 is 1.76 bits per heavy atom. The van der Waals surface area contributed by atoms with Crippen molar-refractivity contribution in [3.8, 4) is 0 Å². The van der Waals surface area contributed by atoms with Crippen LogP contribution in [0.3, 0.4) is 0 Å². The minimum absolute atomic E-state index is 0.0425. The van der Waals surface area contributed by atoms with Gasteiger partial charge in [0.1, 0.15) is 0 Å². The summed E-state index contributed by atoms with van der Waals surface area (Å²) < 4.78 is 0.926. The van der Waals surface area contributed by atoms with E-state index >= 15 is 0 Å². The fraction of sp³-hybridized carbons (Fsp3) is 0.588. The van der Waals surface area contributed by atoms with Crippen molar-refractivity contribution in [3.63, 3.8) is 0 Å². The van der Waals surface area contributed by atoms with Crippen LogP contribution < -0.4 is 5.32 Å². The zero-order valence-corrected chi connectivity index (χ0v) is 15.3. The van der Waals surface area contributed by atoms with Crippen LogP contribution in [0, 0.1) is 18.8 Å². The van der Waals surface area contributed by atoms with E-state index in [0.717, 1.165) is 23.2 Å². The number of halogens is 1. The maximum Gasteiger partial charge on any atom is 0.238 e. The molecule has 0 bridgehead atoms. The van der Waals surface area contributed by atoms with Crippen molar-refractivity contribution in [2.75, 3.05) is 25.0 Å². The van der Waals surface area contributed by atoms with Gasteiger partial charge in [0.25, 0.3) is 0 Å². The molecule has 118 valence electrons. The summed E-state index contributed by atoms with van der Waals surface area (Å²) in [5.41, 5.74) is 2.00. The van der Waals surface area contributed by atoms with E-state index in [1.54, 1.807) is 0 Å². The van der Waals surface area contributed by atoms with Crippen molar-refractivity contribution in [1.29, 1.82) is 0 Å². The maximum atomic E-state index is 12.2. The topological polar surface area (TPSA) is 32.3 Å². The molecule has 4 heteroatoms. The lowest BCUT2D eigenvalue weighted by Gasteiger charge is -2.25. The lowest BCUT2D eigenvalue weighted by Crippen LogP contribution is -2.38. The molecule has 1 N–H and O–H groups in total. The summed E-state index contributed by atoms with van der Waals surface area (Å²) in [6.07, 6.45) is 0. The van der Waals surface area contributed by atoms with Crippen molar-refractivity contribution in [2.24, 2.45) is 11.8 Å². The van der Waals surface area contributed by atoms with Crippen LogP contribution in [0.15, 0.2) is 22.7 Å². The third-order valence-corrected chi connectivity index (χ3v) is 3.67. The van der Waals surface area contributed by atoms with Gasteiger partial charge in [-0.1, -0.05) is 33.8 Å². The molecule has 0 aliphatic carbocycles. The van der Waals surface area contributed by atoms with Gasteiger partial charge in [0, 0.05) is 17.6 Å². The average Bonchev–Trinajstić information content (AvgIpc) is 2.30. The molecule has 1 rings (SSSR count). The zero-order valence-electron chi connectivity index (χ0n) is 13.7. The van der Waals surface area contributed by atoms with E-state index in [0.29, 0.717) is 18.4 Å². The van der Waals surface area contributed by atoms with Gasteiger partial charge in [-0.2, -0.15) is 0 Å². The minimum atomic E-state index is 0.0425. The molecule has 0 aliphatic rings. The van der Waals surface area contributed by atoms with Gasteiger partial charge >= 0.3 is 0 Å². The molecule has 0 heterocycles. The summed E-state index contributed by atoms with van der Waals surface area (Å²) in [6, 6.07) is 5.95. The van der Waals surface area contributed by atoms with Crippen molar-refractivity contribution >= 4 is 27.5 Å². The molecule has 0 spiro atoms. The first-order valence-corrected chi connectivity index (χ1v) is 8.35. The molecule has 1 aromatic carbocycles. The predicted octanol–water partition coefficient (Wildman–Crippen LogP) is 4.31. The zero-order chi connectivity index (χ0) is 16.0. The normalized spacial score (nSPS) is 11.5. The largest absolute Gasteiger partial charge is 0.324 e. The van der Waals surface area contributed by atoms with Gasteiger partial charge in [0.2, 0.25) is 5.91 Å². The van der Waals surface area contributed by atoms with Crippen molar-refractivity contribution < 1.29 is 4.79 Å². The summed E-state index contributed by atoms with van der Waals surface area (Å²) in [5.74, 6) is 1.16. The monoisotopic (exact) mass is 354 g/mol. The number of rotatable bonds is 7. The van der Waals surface area contributed by atoms with Crippen molar-refractivity contribution in [1.82, 2.24) is 4.90 Å². The van der Waals surface area contributed by atoms with E-state index in [1.165, 1.54) is 5.56 Å². The number of amides is 1. The van der Waals surface area contributed by atoms with Gasteiger partial charge in [0.05, 0.1) is 12.2 Å². The summed E-state index contributed by atoms with van der Waals surface area (Å²) in [6.45, 7) is 13.1. The van der Waals surface area contributed by atoms with Gasteiger partial charge < -0.3 is 5.32 Å². The lowest BCUT2D eigenvalue weighted by atomic mass is 10.1. The van der Waals surface area contributed by atoms with Crippen LogP contribution in [0.2, 0.25) is 0 Å². The highest BCUT2D eigenvalue weighted by Crippen LogP contribution is 2.23. The molecule has 0 saturated heterocycles. The van der Waals surface area contributed by atoms with Gasteiger partial charge in [0.15, 0.2) is 0 Å². The molecule has 21 heavy (non-hydrogen) atoms. The Morgan fingerprint density at radius 1 is 1.19 bits per heavy atom. The Kier molecular flexibility index (Phi) is 7.40. The average molecular weight is 355 g/mol. The standard InChI is InChI=1S/C17H27BrN2O/c1-12(2)9-20(10-13(3)4)11-17(21)19-16-7-6-14(5)8-15(16)18/h6-8,12-13H,9-11H2,1-5H3,(H,19,21). The maximum absolute atomic E-state index is 12.2. The smallest absolute Gasteiger partial charge is 0.238 e. The van der Waals surface area contributed by atoms with Gasteiger partial charge in [-0.15, -0.1) is 0 Å². The second-order valence-electron chi connectivity index (χ2n) is 6.51. The van der Waals surface area contributed by atoms with E-state index in [2.05, 4.69) is 53.8 Å². The number of hydrogen-bond acceptors (Lipinski definition) is 2. The molecule has 1 amide bonds. The molecule has 3 nitrogen and oxygen atoms in total. The van der Waals surface area contributed by atoms with Crippen LogP contribution >= 0.6 is 15.9 Å². The SMILES string of the molecule is Cc1ccc(NC(=O)CN(CC(C)C)CC(C)C)c(Br)c1. The van der Waals surface area contributed by atoms with Crippen LogP contribution in [0.4, 0.5) is 5.69 Å². The van der Waals surface area contributed by atoms with Gasteiger partial charge in [-0.25, -0.2) is 0 Å². The van der Waals surface area contributed by atoms with Crippen LogP contribution in [-0.2, 0) is 4.79 Å². The molecule has 0 aromatic heterocycles. The first-order chi connectivity index (χ1) is 9.77. The number of nitrogens with zero attached hydrogens (tertiary/aromatic N) is 1. The Morgan fingerprint density at radius 3 is 2.24 bits per heavy atom. The Hall–Kier alpha value is -0.870. The first-order valence-electron chi connectivity index (χ1n) is 7.56. The fourth-order valence-corrected chi connectivity index (χ4v) is 2.94. The fourth-order valence-electron chi connectivity index (χ4n) is 2.35. The van der Waals surface area contributed by atoms with E-state index in [1.807, 2.05) is 25.1 Å². The summed E-state index contributed by atoms with van der Waals surface area (Å²) in [4.78, 5) is 14.5. The molecular formula is C17H27BrN2O. The predicted molar refractivity (Wildman–Crippen MR) is 93.6 cm³/mol. The molecule has 0 aliphatic heterocycles. The highest BCUT2D eigenvalue weighted by molar-refractivity contribution is 9.10. The lowest BCUT2D eigenvalue weighted by molar-refractivity contribution is -0.117. The van der Waals surface area contributed by atoms with Crippen molar-refractivity contribution in [2.45, 2.75) is 34.6 Å². The van der Waals surface area contributed by atoms with Crippen LogP contribution in [-0.4, -0.2) is 30.4 Å². The number of carbonyl (C=O) groups excluding carboxylic acids is 1. The summed E-state index contributed by atoms with van der Waals surface area (Å²) >= 11 is 3.49. The van der Waals surface area contributed by atoms with Gasteiger partial charge in [-0.05, 0) is 52.4 Å². The van der Waals surface area contributed by atoms with Crippen molar-refractivity contribution in [3.05, 3.63) is 28.2 Å². The summed E-state index contributed by atoms with van der Waals surface area (Å²) in [7, 11) is 0. The third kappa shape index (κ3) is 7.09. The third-order valence-electron chi connectivity index (χ3n) is 3.01. The summed E-state index contributed by atoms with van der Waals surface area (Å²) in [5, 5.41) is 2.99. The van der Waals surface area contributed by atoms with E-state index < -0.39 is 0 Å². The highest BCUT2D eigenvalue weighted by Gasteiger charge is 2.14. The molecule has 1 aromatic rings. The first kappa shape index (κ1) is 18.2. The molecule has 0 atom stereocenters. The van der Waals surface area contributed by atoms with E-state index in [4.69, 9.17) is 0 Å². The number of anilines is 1.